The summed E-state index contributed by atoms with van der Waals surface area (Å²) >= 11 is 0. The Morgan fingerprint density at radius 3 is 2.47 bits per heavy atom. The van der Waals surface area contributed by atoms with Gasteiger partial charge in [-0.2, -0.15) is 0 Å². The first kappa shape index (κ1) is 16.2. The number of aliphatic hydroxyl groups excluding tert-OH is 1. The van der Waals surface area contributed by atoms with Crippen molar-refractivity contribution in [3.8, 4) is 0 Å². The molecule has 0 aliphatic carbocycles. The van der Waals surface area contributed by atoms with Crippen LogP contribution in [-0.2, 0) is 4.74 Å². The number of nitrogens with one attached hydrogen (secondary N) is 1. The summed E-state index contributed by atoms with van der Waals surface area (Å²) in [6.07, 6.45) is 2.04. The summed E-state index contributed by atoms with van der Waals surface area (Å²) < 4.78 is 5.25. The number of likely N-dealkylation sites (tertiary alicyclic amines) is 1. The molecule has 1 amide bonds. The Morgan fingerprint density at radius 1 is 1.42 bits per heavy atom. The monoisotopic (exact) mass is 272 g/mol. The van der Waals surface area contributed by atoms with Crippen LogP contribution in [0.5, 0.6) is 0 Å². The number of nitrogens with zero attached hydrogens (tertiary/aromatic N) is 1. The average molecular weight is 272 g/mol. The van der Waals surface area contributed by atoms with E-state index in [0.717, 1.165) is 38.9 Å². The van der Waals surface area contributed by atoms with Gasteiger partial charge in [-0.05, 0) is 40.0 Å². The number of β-amino-alcohol motifs (C(OH)–C–C–N with tert-alkyl or cyclic N) is 1. The summed E-state index contributed by atoms with van der Waals surface area (Å²) in [5, 5.41) is 12.5. The molecule has 1 unspecified atom stereocenters. The third-order valence-electron chi connectivity index (χ3n) is 3.25. The minimum Gasteiger partial charge on any atom is -0.444 e. The van der Waals surface area contributed by atoms with Crippen LogP contribution >= 0.6 is 0 Å². The van der Waals surface area contributed by atoms with E-state index in [1.807, 2.05) is 27.7 Å². The number of carbonyl (C=O) groups excluding carboxylic acids is 1. The van der Waals surface area contributed by atoms with Gasteiger partial charge in [0.15, 0.2) is 0 Å². The van der Waals surface area contributed by atoms with Crippen molar-refractivity contribution in [1.29, 1.82) is 0 Å². The molecule has 0 aromatic rings. The van der Waals surface area contributed by atoms with Gasteiger partial charge in [0.1, 0.15) is 5.60 Å². The Labute approximate surface area is 116 Å². The van der Waals surface area contributed by atoms with E-state index < -0.39 is 5.60 Å². The largest absolute Gasteiger partial charge is 0.444 e. The number of aliphatic hydroxyl groups is 1. The van der Waals surface area contributed by atoms with E-state index in [-0.39, 0.29) is 18.2 Å². The van der Waals surface area contributed by atoms with Crippen LogP contribution < -0.4 is 5.32 Å². The Bertz CT molecular complexity index is 281. The van der Waals surface area contributed by atoms with Gasteiger partial charge in [-0.15, -0.1) is 0 Å². The van der Waals surface area contributed by atoms with Gasteiger partial charge in [0, 0.05) is 25.7 Å². The molecule has 1 atom stereocenters. The number of piperidine rings is 1. The lowest BCUT2D eigenvalue weighted by molar-refractivity contribution is 0.0458. The smallest absolute Gasteiger partial charge is 0.407 e. The molecular weight excluding hydrogens is 244 g/mol. The zero-order chi connectivity index (χ0) is 14.5. The van der Waals surface area contributed by atoms with Crippen LogP contribution in [0.1, 0.15) is 47.0 Å². The molecule has 1 rings (SSSR count). The fraction of sp³-hybridized carbons (Fsp3) is 0.929. The van der Waals surface area contributed by atoms with E-state index in [1.54, 1.807) is 0 Å². The normalized spacial score (nSPS) is 20.1. The van der Waals surface area contributed by atoms with Crippen LogP contribution in [0.4, 0.5) is 4.79 Å². The predicted octanol–water partition coefficient (Wildman–Crippen LogP) is 1.75. The maximum absolute atomic E-state index is 11.6. The molecule has 5 nitrogen and oxygen atoms in total. The minimum atomic E-state index is -0.448. The van der Waals surface area contributed by atoms with Crippen molar-refractivity contribution in [2.24, 2.45) is 0 Å². The Kier molecular flexibility index (Phi) is 6.07. The third kappa shape index (κ3) is 6.78. The van der Waals surface area contributed by atoms with Gasteiger partial charge in [-0.1, -0.05) is 6.92 Å². The van der Waals surface area contributed by atoms with Gasteiger partial charge in [0.25, 0.3) is 0 Å². The fourth-order valence-corrected chi connectivity index (χ4v) is 2.16. The number of amides is 1. The number of rotatable bonds is 4. The molecule has 1 aliphatic heterocycles. The second-order valence-corrected chi connectivity index (χ2v) is 6.28. The zero-order valence-electron chi connectivity index (χ0n) is 12.6. The van der Waals surface area contributed by atoms with E-state index in [2.05, 4.69) is 10.2 Å². The summed E-state index contributed by atoms with van der Waals surface area (Å²) in [6.45, 7) is 10.1. The summed E-state index contributed by atoms with van der Waals surface area (Å²) in [7, 11) is 0. The molecule has 0 bridgehead atoms. The zero-order valence-corrected chi connectivity index (χ0v) is 12.6. The maximum atomic E-state index is 11.6. The van der Waals surface area contributed by atoms with Crippen molar-refractivity contribution < 1.29 is 14.6 Å². The number of alkyl carbamates (subject to hydrolysis) is 1. The minimum absolute atomic E-state index is 0.185. The highest BCUT2D eigenvalue weighted by Crippen LogP contribution is 2.13. The standard InChI is InChI=1S/C14H28N2O3/c1-5-12(17)10-16-8-6-11(7-9-16)15-13(18)19-14(2,3)4/h11-12,17H,5-10H2,1-4H3,(H,15,18). The maximum Gasteiger partial charge on any atom is 0.407 e. The van der Waals surface area contributed by atoms with E-state index in [0.29, 0.717) is 0 Å². The quantitative estimate of drug-likeness (QED) is 0.818. The lowest BCUT2D eigenvalue weighted by Gasteiger charge is -2.33. The van der Waals surface area contributed by atoms with E-state index >= 15 is 0 Å². The molecule has 1 fully saturated rings. The molecule has 1 saturated heterocycles. The highest BCUT2D eigenvalue weighted by Gasteiger charge is 2.24. The van der Waals surface area contributed by atoms with Crippen molar-refractivity contribution in [2.45, 2.75) is 64.7 Å². The Hall–Kier alpha value is -0.810. The van der Waals surface area contributed by atoms with E-state index in [4.69, 9.17) is 4.74 Å². The van der Waals surface area contributed by atoms with E-state index in [1.165, 1.54) is 0 Å². The SMILES string of the molecule is CCC(O)CN1CCC(NC(=O)OC(C)(C)C)CC1. The van der Waals surface area contributed by atoms with Crippen molar-refractivity contribution in [3.63, 3.8) is 0 Å². The molecule has 5 heteroatoms. The van der Waals surface area contributed by atoms with Crippen molar-refractivity contribution in [3.05, 3.63) is 0 Å². The van der Waals surface area contributed by atoms with Gasteiger partial charge in [-0.25, -0.2) is 4.79 Å². The number of carbonyl (C=O) groups is 1. The molecule has 0 radical (unpaired) electrons. The molecular formula is C14H28N2O3. The Morgan fingerprint density at radius 2 is 2.00 bits per heavy atom. The molecule has 0 aromatic heterocycles. The highest BCUT2D eigenvalue weighted by atomic mass is 16.6. The van der Waals surface area contributed by atoms with Gasteiger partial charge in [0.2, 0.25) is 0 Å². The molecule has 1 heterocycles. The topological polar surface area (TPSA) is 61.8 Å². The number of ether oxygens (including phenoxy) is 1. The average Bonchev–Trinajstić information content (AvgIpc) is 2.29. The summed E-state index contributed by atoms with van der Waals surface area (Å²) in [4.78, 5) is 13.9. The molecule has 0 aromatic carbocycles. The molecule has 0 saturated carbocycles. The van der Waals surface area contributed by atoms with Gasteiger partial charge in [-0.3, -0.25) is 0 Å². The lowest BCUT2D eigenvalue weighted by atomic mass is 10.0. The first-order chi connectivity index (χ1) is 8.80. The Balaban J connectivity index is 2.25. The van der Waals surface area contributed by atoms with Gasteiger partial charge in [0.05, 0.1) is 6.10 Å². The van der Waals surface area contributed by atoms with Crippen LogP contribution in [0.25, 0.3) is 0 Å². The van der Waals surface area contributed by atoms with Crippen molar-refractivity contribution in [2.75, 3.05) is 19.6 Å². The summed E-state index contributed by atoms with van der Waals surface area (Å²) in [5.41, 5.74) is -0.448. The van der Waals surface area contributed by atoms with Gasteiger partial charge >= 0.3 is 6.09 Å². The second-order valence-electron chi connectivity index (χ2n) is 6.28. The molecule has 0 spiro atoms. The van der Waals surface area contributed by atoms with Crippen LogP contribution in [0.15, 0.2) is 0 Å². The number of hydrogen-bond donors (Lipinski definition) is 2. The summed E-state index contributed by atoms with van der Waals surface area (Å²) in [6, 6.07) is 0.185. The van der Waals surface area contributed by atoms with Crippen molar-refractivity contribution >= 4 is 6.09 Å². The molecule has 1 aliphatic rings. The second kappa shape index (κ2) is 7.10. The van der Waals surface area contributed by atoms with Crippen LogP contribution in [-0.4, -0.2) is 53.5 Å². The van der Waals surface area contributed by atoms with Gasteiger partial charge < -0.3 is 20.1 Å². The van der Waals surface area contributed by atoms with Crippen LogP contribution in [0.3, 0.4) is 0 Å². The molecule has 19 heavy (non-hydrogen) atoms. The fourth-order valence-electron chi connectivity index (χ4n) is 2.16. The summed E-state index contributed by atoms with van der Waals surface area (Å²) in [5.74, 6) is 0. The van der Waals surface area contributed by atoms with Crippen LogP contribution in [0, 0.1) is 0 Å². The molecule has 2 N–H and O–H groups in total. The third-order valence-corrected chi connectivity index (χ3v) is 3.25. The number of hydrogen-bond acceptors (Lipinski definition) is 4. The molecule has 112 valence electrons. The van der Waals surface area contributed by atoms with Crippen LogP contribution in [0.2, 0.25) is 0 Å². The predicted molar refractivity (Wildman–Crippen MR) is 75.1 cm³/mol. The lowest BCUT2D eigenvalue weighted by Crippen LogP contribution is -2.47. The first-order valence-corrected chi connectivity index (χ1v) is 7.20. The van der Waals surface area contributed by atoms with Crippen molar-refractivity contribution in [1.82, 2.24) is 10.2 Å². The first-order valence-electron chi connectivity index (χ1n) is 7.20. The van der Waals surface area contributed by atoms with E-state index in [9.17, 15) is 9.90 Å². The highest BCUT2D eigenvalue weighted by molar-refractivity contribution is 5.68.